The average molecular weight is 412 g/mol. The Balaban J connectivity index is 1.54. The normalized spacial score (nSPS) is 12.2. The molecule has 5 aromatic rings. The predicted molar refractivity (Wildman–Crippen MR) is 122 cm³/mol. The first-order valence-corrected chi connectivity index (χ1v) is 10.7. The van der Waals surface area contributed by atoms with Crippen LogP contribution in [0.15, 0.2) is 85.1 Å². The van der Waals surface area contributed by atoms with Crippen molar-refractivity contribution in [2.45, 2.75) is 12.3 Å². The van der Waals surface area contributed by atoms with Gasteiger partial charge in [-0.2, -0.15) is 0 Å². The Labute approximate surface area is 179 Å². The molecule has 0 fully saturated rings. The van der Waals surface area contributed by atoms with Crippen molar-refractivity contribution in [3.05, 3.63) is 101 Å². The van der Waals surface area contributed by atoms with Gasteiger partial charge in [0.2, 0.25) is 0 Å². The Morgan fingerprint density at radius 1 is 0.933 bits per heavy atom. The summed E-state index contributed by atoms with van der Waals surface area (Å²) in [6.45, 7) is 0. The zero-order chi connectivity index (χ0) is 20.3. The van der Waals surface area contributed by atoms with Gasteiger partial charge in [0.1, 0.15) is 16.6 Å². The summed E-state index contributed by atoms with van der Waals surface area (Å²) >= 11 is 1.73. The van der Waals surface area contributed by atoms with Crippen LogP contribution < -0.4 is 4.74 Å². The van der Waals surface area contributed by atoms with E-state index in [1.54, 1.807) is 18.4 Å². The van der Waals surface area contributed by atoms with Gasteiger partial charge >= 0.3 is 0 Å². The highest BCUT2D eigenvalue weighted by atomic mass is 32.1. The molecule has 5 heteroatoms. The number of thiazole rings is 1. The summed E-state index contributed by atoms with van der Waals surface area (Å²) in [5.41, 5.74) is 4.44. The smallest absolute Gasteiger partial charge is 0.118 e. The largest absolute Gasteiger partial charge is 0.497 e. The Kier molecular flexibility index (Phi) is 5.03. The summed E-state index contributed by atoms with van der Waals surface area (Å²) in [6, 6.07) is 26.8. The van der Waals surface area contributed by atoms with Crippen molar-refractivity contribution in [3.8, 4) is 16.2 Å². The van der Waals surface area contributed by atoms with Crippen LogP contribution >= 0.6 is 11.3 Å². The van der Waals surface area contributed by atoms with Crippen LogP contribution in [0.2, 0.25) is 0 Å². The van der Waals surface area contributed by atoms with Crippen LogP contribution in [0, 0.1) is 0 Å². The summed E-state index contributed by atoms with van der Waals surface area (Å²) in [5, 5.41) is 1.06. The Morgan fingerprint density at radius 2 is 1.70 bits per heavy atom. The molecule has 4 nitrogen and oxygen atoms in total. The minimum absolute atomic E-state index is 0.0493. The number of nitrogens with one attached hydrogen (secondary N) is 1. The number of fused-ring (bicyclic) bond motifs is 1. The Bertz CT molecular complexity index is 1230. The number of hydrogen-bond acceptors (Lipinski definition) is 4. The van der Waals surface area contributed by atoms with Gasteiger partial charge in [-0.15, -0.1) is 11.3 Å². The molecule has 0 saturated heterocycles. The summed E-state index contributed by atoms with van der Waals surface area (Å²) in [7, 11) is 1.69. The second-order valence-electron chi connectivity index (χ2n) is 7.17. The van der Waals surface area contributed by atoms with Crippen molar-refractivity contribution in [2.24, 2.45) is 0 Å². The number of aromatic nitrogens is 3. The Morgan fingerprint density at radius 3 is 2.47 bits per heavy atom. The van der Waals surface area contributed by atoms with Gasteiger partial charge in [0.15, 0.2) is 0 Å². The molecule has 2 aromatic heterocycles. The van der Waals surface area contributed by atoms with Crippen molar-refractivity contribution in [1.82, 2.24) is 15.0 Å². The minimum Gasteiger partial charge on any atom is -0.497 e. The number of aromatic amines is 1. The molecule has 3 aromatic carbocycles. The fourth-order valence-corrected chi connectivity index (χ4v) is 4.65. The van der Waals surface area contributed by atoms with Crippen LogP contribution in [-0.4, -0.2) is 22.1 Å². The molecule has 0 aliphatic heterocycles. The molecule has 1 N–H and O–H groups in total. The fourth-order valence-electron chi connectivity index (χ4n) is 3.62. The lowest BCUT2D eigenvalue weighted by atomic mass is 9.99. The van der Waals surface area contributed by atoms with Crippen molar-refractivity contribution < 1.29 is 4.74 Å². The van der Waals surface area contributed by atoms with Gasteiger partial charge < -0.3 is 9.72 Å². The SMILES string of the molecule is COc1ccc(CC(c2nc3ccccc3[nH]2)c2ncc(-c3ccccc3)s2)cc1. The second-order valence-corrected chi connectivity index (χ2v) is 8.23. The number of benzene rings is 3. The summed E-state index contributed by atoms with van der Waals surface area (Å²) in [4.78, 5) is 14.4. The van der Waals surface area contributed by atoms with Crippen molar-refractivity contribution in [3.63, 3.8) is 0 Å². The quantitative estimate of drug-likeness (QED) is 0.369. The van der Waals surface area contributed by atoms with Crippen molar-refractivity contribution >= 4 is 22.4 Å². The van der Waals surface area contributed by atoms with E-state index in [4.69, 9.17) is 14.7 Å². The highest BCUT2D eigenvalue weighted by molar-refractivity contribution is 7.15. The average Bonchev–Trinajstić information content (AvgIpc) is 3.46. The molecule has 0 aliphatic rings. The lowest BCUT2D eigenvalue weighted by Gasteiger charge is -2.12. The van der Waals surface area contributed by atoms with Gasteiger partial charge in [0.25, 0.3) is 0 Å². The van der Waals surface area contributed by atoms with Crippen molar-refractivity contribution in [1.29, 1.82) is 0 Å². The number of hydrogen-bond donors (Lipinski definition) is 1. The first kappa shape index (κ1) is 18.6. The summed E-state index contributed by atoms with van der Waals surface area (Å²) < 4.78 is 5.31. The highest BCUT2D eigenvalue weighted by Crippen LogP contribution is 2.35. The molecule has 0 radical (unpaired) electrons. The first-order chi connectivity index (χ1) is 14.8. The van der Waals surface area contributed by atoms with Gasteiger partial charge in [-0.25, -0.2) is 9.97 Å². The zero-order valence-electron chi connectivity index (χ0n) is 16.6. The molecule has 1 unspecified atom stereocenters. The van der Waals surface area contributed by atoms with Gasteiger partial charge in [0, 0.05) is 6.20 Å². The predicted octanol–water partition coefficient (Wildman–Crippen LogP) is 6.07. The number of imidazole rings is 1. The molecule has 148 valence electrons. The van der Waals surface area contributed by atoms with Gasteiger partial charge in [-0.3, -0.25) is 0 Å². The molecule has 0 saturated carbocycles. The third-order valence-electron chi connectivity index (χ3n) is 5.22. The third-order valence-corrected chi connectivity index (χ3v) is 6.38. The van der Waals surface area contributed by atoms with E-state index in [-0.39, 0.29) is 5.92 Å². The molecular weight excluding hydrogens is 390 g/mol. The van der Waals surface area contributed by atoms with Gasteiger partial charge in [0.05, 0.1) is 28.9 Å². The van der Waals surface area contributed by atoms with Crippen LogP contribution in [0.1, 0.15) is 22.3 Å². The molecule has 30 heavy (non-hydrogen) atoms. The number of rotatable bonds is 6. The van der Waals surface area contributed by atoms with Crippen LogP contribution in [0.5, 0.6) is 5.75 Å². The molecule has 0 bridgehead atoms. The van der Waals surface area contributed by atoms with E-state index in [1.807, 2.05) is 42.6 Å². The number of methoxy groups -OCH3 is 1. The maximum absolute atomic E-state index is 5.31. The van der Waals surface area contributed by atoms with E-state index in [9.17, 15) is 0 Å². The van der Waals surface area contributed by atoms with E-state index in [1.165, 1.54) is 16.0 Å². The molecule has 1 atom stereocenters. The van der Waals surface area contributed by atoms with E-state index in [0.717, 1.165) is 34.0 Å². The van der Waals surface area contributed by atoms with Crippen LogP contribution in [-0.2, 0) is 6.42 Å². The van der Waals surface area contributed by atoms with Crippen LogP contribution in [0.25, 0.3) is 21.5 Å². The van der Waals surface area contributed by atoms with E-state index in [0.29, 0.717) is 0 Å². The zero-order valence-corrected chi connectivity index (χ0v) is 17.4. The van der Waals surface area contributed by atoms with Crippen LogP contribution in [0.3, 0.4) is 0 Å². The Hall–Kier alpha value is -3.44. The molecule has 5 rings (SSSR count). The number of para-hydroxylation sites is 2. The minimum atomic E-state index is 0.0493. The van der Waals surface area contributed by atoms with E-state index < -0.39 is 0 Å². The first-order valence-electron chi connectivity index (χ1n) is 9.89. The number of ether oxygens (including phenoxy) is 1. The lowest BCUT2D eigenvalue weighted by Crippen LogP contribution is -2.07. The summed E-state index contributed by atoms with van der Waals surface area (Å²) in [6.07, 6.45) is 2.78. The van der Waals surface area contributed by atoms with Crippen LogP contribution in [0.4, 0.5) is 0 Å². The summed E-state index contributed by atoms with van der Waals surface area (Å²) in [5.74, 6) is 1.86. The molecule has 0 spiro atoms. The maximum Gasteiger partial charge on any atom is 0.118 e. The van der Waals surface area contributed by atoms with E-state index >= 15 is 0 Å². The van der Waals surface area contributed by atoms with Gasteiger partial charge in [-0.1, -0.05) is 54.6 Å². The molecule has 0 aliphatic carbocycles. The second kappa shape index (κ2) is 8.13. The standard InChI is InChI=1S/C25H21N3OS/c1-29-19-13-11-17(12-14-19)15-20(24-27-21-9-5-6-10-22(21)28-24)25-26-16-23(30-25)18-7-3-2-4-8-18/h2-14,16,20H,15H2,1H3,(H,27,28). The van der Waals surface area contributed by atoms with E-state index in [2.05, 4.69) is 47.4 Å². The molecule has 2 heterocycles. The monoisotopic (exact) mass is 411 g/mol. The topological polar surface area (TPSA) is 50.8 Å². The maximum atomic E-state index is 5.31. The lowest BCUT2D eigenvalue weighted by molar-refractivity contribution is 0.414. The molecule has 0 amide bonds. The number of H-pyrrole nitrogens is 1. The van der Waals surface area contributed by atoms with Gasteiger partial charge in [-0.05, 0) is 41.8 Å². The third kappa shape index (κ3) is 3.72. The molecular formula is C25H21N3OS. The highest BCUT2D eigenvalue weighted by Gasteiger charge is 2.22. The number of nitrogens with zero attached hydrogens (tertiary/aromatic N) is 2. The van der Waals surface area contributed by atoms with Crippen molar-refractivity contribution in [2.75, 3.05) is 7.11 Å². The fraction of sp³-hybridized carbons (Fsp3) is 0.120.